The summed E-state index contributed by atoms with van der Waals surface area (Å²) in [5, 5.41) is 3.17. The Morgan fingerprint density at radius 2 is 1.93 bits per heavy atom. The molecule has 2 aromatic rings. The molecule has 4 rings (SSSR count). The number of hydrogen-bond acceptors (Lipinski definition) is 6. The summed E-state index contributed by atoms with van der Waals surface area (Å²) in [7, 11) is -4.10. The quantitative estimate of drug-likeness (QED) is 0.598. The Bertz CT molecular complexity index is 1110. The van der Waals surface area contributed by atoms with Crippen LogP contribution in [0.2, 0.25) is 5.02 Å². The summed E-state index contributed by atoms with van der Waals surface area (Å²) < 4.78 is 33.1. The summed E-state index contributed by atoms with van der Waals surface area (Å²) in [6.07, 6.45) is -0.931. The molecule has 2 aromatic carbocycles. The van der Waals surface area contributed by atoms with Gasteiger partial charge in [0.1, 0.15) is 0 Å². The molecule has 0 bridgehead atoms. The molecule has 0 fully saturated rings. The van der Waals surface area contributed by atoms with Gasteiger partial charge in [-0.2, -0.15) is 0 Å². The maximum atomic E-state index is 12.8. The number of sulfonamides is 1. The number of para-hydroxylation sites is 1. The number of carbonyl (C=O) groups is 2. The van der Waals surface area contributed by atoms with Gasteiger partial charge in [0.15, 0.2) is 0 Å². The lowest BCUT2D eigenvalue weighted by Crippen LogP contribution is -2.63. The van der Waals surface area contributed by atoms with Gasteiger partial charge < -0.3 is 4.74 Å². The molecule has 140 valence electrons. The standard InChI is InChI=1S/C16H12ClN3O5S2/c1-8-6-9(17)7-12-13(8)27(23,24)20-16(26-12)19-14(21)10-4-2-3-5-11(10)18-15(22)25-16/h2-7,20H,1H3,(H,18,22)(H,19,21). The van der Waals surface area contributed by atoms with Crippen molar-refractivity contribution in [2.45, 2.75) is 21.9 Å². The van der Waals surface area contributed by atoms with E-state index in [1.54, 1.807) is 19.1 Å². The molecule has 8 nitrogen and oxygen atoms in total. The van der Waals surface area contributed by atoms with Crippen molar-refractivity contribution < 1.29 is 22.7 Å². The number of anilines is 1. The number of amides is 2. The molecule has 0 aromatic heterocycles. The molecule has 1 unspecified atom stereocenters. The van der Waals surface area contributed by atoms with Gasteiger partial charge in [0.05, 0.1) is 16.1 Å². The summed E-state index contributed by atoms with van der Waals surface area (Å²) in [6.45, 7) is 1.60. The summed E-state index contributed by atoms with van der Waals surface area (Å²) in [5.41, 5.74) is 0.846. The van der Waals surface area contributed by atoms with Gasteiger partial charge in [-0.25, -0.2) is 13.2 Å². The zero-order valence-electron chi connectivity index (χ0n) is 13.7. The Morgan fingerprint density at radius 1 is 1.19 bits per heavy atom. The van der Waals surface area contributed by atoms with Crippen LogP contribution in [0.4, 0.5) is 10.5 Å². The Kier molecular flexibility index (Phi) is 4.11. The number of rotatable bonds is 0. The number of benzene rings is 2. The zero-order chi connectivity index (χ0) is 19.4. The molecule has 3 N–H and O–H groups in total. The third-order valence-electron chi connectivity index (χ3n) is 3.92. The summed E-state index contributed by atoms with van der Waals surface area (Å²) in [6, 6.07) is 9.25. The molecule has 0 aliphatic carbocycles. The average molecular weight is 426 g/mol. The number of aryl methyl sites for hydroxylation is 1. The molecule has 11 heteroatoms. The lowest BCUT2D eigenvalue weighted by Gasteiger charge is -2.38. The monoisotopic (exact) mass is 425 g/mol. The van der Waals surface area contributed by atoms with Crippen molar-refractivity contribution in [2.24, 2.45) is 0 Å². The predicted octanol–water partition coefficient (Wildman–Crippen LogP) is 2.64. The van der Waals surface area contributed by atoms with E-state index >= 15 is 0 Å². The van der Waals surface area contributed by atoms with Crippen LogP contribution in [0, 0.1) is 6.92 Å². The number of halogens is 1. The van der Waals surface area contributed by atoms with Crippen molar-refractivity contribution in [3.63, 3.8) is 0 Å². The molecule has 0 saturated carbocycles. The Labute approximate surface area is 163 Å². The van der Waals surface area contributed by atoms with Crippen LogP contribution in [0.1, 0.15) is 15.9 Å². The van der Waals surface area contributed by atoms with Crippen molar-refractivity contribution >= 4 is 51.1 Å². The van der Waals surface area contributed by atoms with E-state index in [1.165, 1.54) is 24.3 Å². The summed E-state index contributed by atoms with van der Waals surface area (Å²) >= 11 is 6.87. The molecule has 0 saturated heterocycles. The van der Waals surface area contributed by atoms with E-state index in [0.717, 1.165) is 11.8 Å². The minimum Gasteiger partial charge on any atom is -0.397 e. The predicted molar refractivity (Wildman–Crippen MR) is 99.1 cm³/mol. The highest BCUT2D eigenvalue weighted by molar-refractivity contribution is 8.03. The van der Waals surface area contributed by atoms with E-state index in [0.29, 0.717) is 10.6 Å². The van der Waals surface area contributed by atoms with Gasteiger partial charge in [-0.1, -0.05) is 23.7 Å². The van der Waals surface area contributed by atoms with E-state index in [2.05, 4.69) is 15.4 Å². The number of fused-ring (bicyclic) bond motifs is 2. The van der Waals surface area contributed by atoms with Gasteiger partial charge >= 0.3 is 11.3 Å². The number of nitrogens with one attached hydrogen (secondary N) is 3. The highest BCUT2D eigenvalue weighted by Crippen LogP contribution is 2.43. The van der Waals surface area contributed by atoms with Crippen LogP contribution in [-0.4, -0.2) is 25.6 Å². The number of carbonyl (C=O) groups excluding carboxylic acids is 2. The van der Waals surface area contributed by atoms with Crippen LogP contribution in [0.5, 0.6) is 0 Å². The van der Waals surface area contributed by atoms with Crippen molar-refractivity contribution in [1.82, 2.24) is 10.0 Å². The first-order valence-corrected chi connectivity index (χ1v) is 10.3. The minimum atomic E-state index is -4.10. The first-order valence-electron chi connectivity index (χ1n) is 7.64. The SMILES string of the molecule is Cc1cc(Cl)cc2c1S(=O)(=O)NC1(NC(=O)c3ccccc3NC(=O)O1)S2. The van der Waals surface area contributed by atoms with Crippen molar-refractivity contribution in [2.75, 3.05) is 5.32 Å². The molecule has 2 aliphatic heterocycles. The molecule has 0 radical (unpaired) electrons. The molecule has 1 atom stereocenters. The fraction of sp³-hybridized carbons (Fsp3) is 0.125. The lowest BCUT2D eigenvalue weighted by atomic mass is 10.1. The first-order chi connectivity index (χ1) is 12.7. The zero-order valence-corrected chi connectivity index (χ0v) is 16.1. The van der Waals surface area contributed by atoms with E-state index < -0.39 is 27.2 Å². The second kappa shape index (κ2) is 6.13. The van der Waals surface area contributed by atoms with Gasteiger partial charge in [-0.15, -0.1) is 4.72 Å². The number of ether oxygens (including phenoxy) is 1. The minimum absolute atomic E-state index is 0.0169. The molecular weight excluding hydrogens is 414 g/mol. The third kappa shape index (κ3) is 3.14. The molecule has 2 amide bonds. The molecule has 2 heterocycles. The molecular formula is C16H12ClN3O5S2. The van der Waals surface area contributed by atoms with Crippen LogP contribution in [-0.2, 0) is 14.8 Å². The van der Waals surface area contributed by atoms with Gasteiger partial charge in [0.2, 0.25) is 10.0 Å². The Hall–Kier alpha value is -2.27. The number of thioether (sulfide) groups is 1. The molecule has 2 aliphatic rings. The van der Waals surface area contributed by atoms with Crippen LogP contribution in [0.15, 0.2) is 46.2 Å². The van der Waals surface area contributed by atoms with E-state index in [-0.39, 0.29) is 21.0 Å². The lowest BCUT2D eigenvalue weighted by molar-refractivity contribution is 0.0465. The highest BCUT2D eigenvalue weighted by Gasteiger charge is 2.49. The van der Waals surface area contributed by atoms with E-state index in [1.807, 2.05) is 0 Å². The fourth-order valence-corrected chi connectivity index (χ4v) is 6.57. The second-order valence-corrected chi connectivity index (χ2v) is 9.16. The smallest absolute Gasteiger partial charge is 0.397 e. The first kappa shape index (κ1) is 18.1. The largest absolute Gasteiger partial charge is 0.415 e. The molecule has 27 heavy (non-hydrogen) atoms. The van der Waals surface area contributed by atoms with Gasteiger partial charge in [0, 0.05) is 9.92 Å². The van der Waals surface area contributed by atoms with E-state index in [4.69, 9.17) is 16.3 Å². The van der Waals surface area contributed by atoms with Crippen LogP contribution in [0.3, 0.4) is 0 Å². The number of hydrogen-bond donors (Lipinski definition) is 3. The van der Waals surface area contributed by atoms with Gasteiger partial charge in [-0.3, -0.25) is 15.4 Å². The Morgan fingerprint density at radius 3 is 2.70 bits per heavy atom. The Balaban J connectivity index is 1.84. The second-order valence-electron chi connectivity index (χ2n) is 5.89. The summed E-state index contributed by atoms with van der Waals surface area (Å²) in [4.78, 5) is 25.2. The van der Waals surface area contributed by atoms with Crippen LogP contribution in [0.25, 0.3) is 0 Å². The van der Waals surface area contributed by atoms with E-state index in [9.17, 15) is 18.0 Å². The fourth-order valence-electron chi connectivity index (χ4n) is 2.91. The van der Waals surface area contributed by atoms with Gasteiger partial charge in [0.25, 0.3) is 5.91 Å². The summed E-state index contributed by atoms with van der Waals surface area (Å²) in [5.74, 6) is -0.622. The highest BCUT2D eigenvalue weighted by atomic mass is 35.5. The van der Waals surface area contributed by atoms with Crippen molar-refractivity contribution in [1.29, 1.82) is 0 Å². The maximum Gasteiger partial charge on any atom is 0.415 e. The van der Waals surface area contributed by atoms with Gasteiger partial charge in [-0.05, 0) is 48.5 Å². The molecule has 1 spiro atoms. The maximum absolute atomic E-state index is 12.8. The van der Waals surface area contributed by atoms with Crippen LogP contribution < -0.4 is 15.4 Å². The van der Waals surface area contributed by atoms with Crippen molar-refractivity contribution in [3.8, 4) is 0 Å². The normalized spacial score (nSPS) is 23.2. The topological polar surface area (TPSA) is 114 Å². The average Bonchev–Trinajstić information content (AvgIpc) is 2.51. The van der Waals surface area contributed by atoms with Crippen molar-refractivity contribution in [3.05, 3.63) is 52.5 Å². The van der Waals surface area contributed by atoms with Crippen LogP contribution >= 0.6 is 23.4 Å². The third-order valence-corrected chi connectivity index (χ3v) is 7.15.